The second-order valence-corrected chi connectivity index (χ2v) is 5.11. The number of hydrogen-bond donors (Lipinski definition) is 1. The van der Waals surface area contributed by atoms with Crippen LogP contribution in [-0.4, -0.2) is 5.78 Å². The fraction of sp³-hybridized carbons (Fsp3) is 0.235. The zero-order chi connectivity index (χ0) is 15.6. The van der Waals surface area contributed by atoms with E-state index in [1.165, 1.54) is 0 Å². The van der Waals surface area contributed by atoms with Crippen LogP contribution in [0.1, 0.15) is 47.7 Å². The van der Waals surface area contributed by atoms with Crippen LogP contribution in [0.4, 0.5) is 14.5 Å². The van der Waals surface area contributed by atoms with Gasteiger partial charge in [0.1, 0.15) is 0 Å². The van der Waals surface area contributed by atoms with E-state index in [4.69, 9.17) is 5.73 Å². The summed E-state index contributed by atoms with van der Waals surface area (Å²) in [7, 11) is 0. The van der Waals surface area contributed by atoms with Crippen molar-refractivity contribution in [2.75, 3.05) is 5.73 Å². The lowest BCUT2D eigenvalue weighted by Crippen LogP contribution is -2.07. The van der Waals surface area contributed by atoms with Crippen LogP contribution >= 0.6 is 0 Å². The van der Waals surface area contributed by atoms with Gasteiger partial charge in [-0.1, -0.05) is 38.1 Å². The lowest BCUT2D eigenvalue weighted by Gasteiger charge is -2.10. The molecule has 4 heteroatoms. The van der Waals surface area contributed by atoms with Gasteiger partial charge in [-0.15, -0.1) is 0 Å². The molecule has 0 fully saturated rings. The first-order valence-corrected chi connectivity index (χ1v) is 6.83. The van der Waals surface area contributed by atoms with Gasteiger partial charge in [-0.2, -0.15) is 0 Å². The number of rotatable bonds is 4. The molecule has 2 aromatic carbocycles. The summed E-state index contributed by atoms with van der Waals surface area (Å²) in [6.45, 7) is 4.19. The number of ketones is 1. The van der Waals surface area contributed by atoms with Gasteiger partial charge < -0.3 is 5.73 Å². The Bertz CT molecular complexity index is 665. The van der Waals surface area contributed by atoms with E-state index in [0.717, 1.165) is 24.1 Å². The third-order valence-electron chi connectivity index (χ3n) is 3.69. The first-order valence-electron chi connectivity index (χ1n) is 6.83. The highest BCUT2D eigenvalue weighted by atomic mass is 19.2. The van der Waals surface area contributed by atoms with Gasteiger partial charge in [-0.3, -0.25) is 4.79 Å². The summed E-state index contributed by atoms with van der Waals surface area (Å²) in [6.07, 6.45) is 1.00. The Hall–Kier alpha value is -2.23. The molecule has 0 aromatic heterocycles. The number of nitrogens with two attached hydrogens (primary N) is 1. The maximum Gasteiger partial charge on any atom is 0.195 e. The van der Waals surface area contributed by atoms with Gasteiger partial charge in [-0.25, -0.2) is 8.78 Å². The first kappa shape index (κ1) is 15.2. The van der Waals surface area contributed by atoms with Gasteiger partial charge in [0.15, 0.2) is 17.4 Å². The van der Waals surface area contributed by atoms with Gasteiger partial charge in [0.05, 0.1) is 0 Å². The van der Waals surface area contributed by atoms with Gasteiger partial charge >= 0.3 is 0 Å². The molecule has 2 nitrogen and oxygen atoms in total. The SMILES string of the molecule is CCC(C)c1ccc(C(=O)c2cc(F)c(F)cc2N)cc1. The van der Waals surface area contributed by atoms with E-state index in [1.807, 2.05) is 12.1 Å². The van der Waals surface area contributed by atoms with E-state index in [-0.39, 0.29) is 11.3 Å². The maximum absolute atomic E-state index is 13.3. The van der Waals surface area contributed by atoms with Crippen LogP contribution in [0.2, 0.25) is 0 Å². The standard InChI is InChI=1S/C17H17F2NO/c1-3-10(2)11-4-6-12(7-5-11)17(21)13-8-14(18)15(19)9-16(13)20/h4-10H,3,20H2,1-2H3. The molecule has 1 unspecified atom stereocenters. The molecular formula is C17H17F2NO. The number of hydrogen-bond acceptors (Lipinski definition) is 2. The van der Waals surface area contributed by atoms with Crippen molar-refractivity contribution in [3.05, 3.63) is 64.7 Å². The minimum Gasteiger partial charge on any atom is -0.398 e. The molecule has 0 saturated heterocycles. The Kier molecular flexibility index (Phi) is 4.36. The van der Waals surface area contributed by atoms with Gasteiger partial charge in [0, 0.05) is 22.9 Å². The van der Waals surface area contributed by atoms with Crippen molar-refractivity contribution in [2.24, 2.45) is 0 Å². The zero-order valence-corrected chi connectivity index (χ0v) is 12.0. The number of benzene rings is 2. The van der Waals surface area contributed by atoms with Crippen LogP contribution in [0.15, 0.2) is 36.4 Å². The highest BCUT2D eigenvalue weighted by molar-refractivity contribution is 6.12. The van der Waals surface area contributed by atoms with Crippen molar-refractivity contribution >= 4 is 11.5 Å². The van der Waals surface area contributed by atoms with Crippen LogP contribution in [0, 0.1) is 11.6 Å². The van der Waals surface area contributed by atoms with E-state index in [1.54, 1.807) is 12.1 Å². The largest absolute Gasteiger partial charge is 0.398 e. The topological polar surface area (TPSA) is 43.1 Å². The fourth-order valence-electron chi connectivity index (χ4n) is 2.11. The molecule has 2 rings (SSSR count). The molecular weight excluding hydrogens is 272 g/mol. The Labute approximate surface area is 122 Å². The molecule has 0 saturated carbocycles. The van der Waals surface area contributed by atoms with E-state index in [2.05, 4.69) is 13.8 Å². The molecule has 0 spiro atoms. The van der Waals surface area contributed by atoms with Gasteiger partial charge in [0.25, 0.3) is 0 Å². The number of halogens is 2. The predicted molar refractivity (Wildman–Crippen MR) is 79.4 cm³/mol. The highest BCUT2D eigenvalue weighted by Gasteiger charge is 2.16. The first-order chi connectivity index (χ1) is 9.93. The van der Waals surface area contributed by atoms with Crippen molar-refractivity contribution in [3.8, 4) is 0 Å². The Balaban J connectivity index is 2.34. The molecule has 0 radical (unpaired) electrons. The third kappa shape index (κ3) is 3.10. The molecule has 21 heavy (non-hydrogen) atoms. The van der Waals surface area contributed by atoms with Crippen LogP contribution in [0.3, 0.4) is 0 Å². The summed E-state index contributed by atoms with van der Waals surface area (Å²) in [5.74, 6) is -2.15. The molecule has 0 heterocycles. The second kappa shape index (κ2) is 6.04. The number of nitrogen functional groups attached to an aromatic ring is 1. The lowest BCUT2D eigenvalue weighted by atomic mass is 9.95. The molecule has 0 bridgehead atoms. The molecule has 0 amide bonds. The smallest absolute Gasteiger partial charge is 0.195 e. The molecule has 1 atom stereocenters. The summed E-state index contributed by atoms with van der Waals surface area (Å²) in [4.78, 5) is 12.3. The minimum atomic E-state index is -1.08. The maximum atomic E-state index is 13.3. The Morgan fingerprint density at radius 3 is 2.29 bits per heavy atom. The van der Waals surface area contributed by atoms with E-state index < -0.39 is 17.4 Å². The third-order valence-corrected chi connectivity index (χ3v) is 3.69. The van der Waals surface area contributed by atoms with Crippen LogP contribution < -0.4 is 5.73 Å². The number of carbonyl (C=O) groups is 1. The van der Waals surface area contributed by atoms with Crippen LogP contribution in [-0.2, 0) is 0 Å². The Morgan fingerprint density at radius 2 is 1.71 bits per heavy atom. The van der Waals surface area contributed by atoms with Gasteiger partial charge in [-0.05, 0) is 24.0 Å². The second-order valence-electron chi connectivity index (χ2n) is 5.11. The lowest BCUT2D eigenvalue weighted by molar-refractivity contribution is 0.103. The van der Waals surface area contributed by atoms with E-state index >= 15 is 0 Å². The Morgan fingerprint density at radius 1 is 1.14 bits per heavy atom. The minimum absolute atomic E-state index is 0.0230. The quantitative estimate of drug-likeness (QED) is 0.674. The number of carbonyl (C=O) groups excluding carboxylic acids is 1. The molecule has 0 aliphatic rings. The number of anilines is 1. The van der Waals surface area contributed by atoms with Crippen LogP contribution in [0.25, 0.3) is 0 Å². The highest BCUT2D eigenvalue weighted by Crippen LogP contribution is 2.23. The summed E-state index contributed by atoms with van der Waals surface area (Å²) >= 11 is 0. The molecule has 0 aliphatic heterocycles. The molecule has 110 valence electrons. The average molecular weight is 289 g/mol. The van der Waals surface area contributed by atoms with E-state index in [0.29, 0.717) is 11.5 Å². The fourth-order valence-corrected chi connectivity index (χ4v) is 2.11. The zero-order valence-electron chi connectivity index (χ0n) is 12.0. The van der Waals surface area contributed by atoms with E-state index in [9.17, 15) is 13.6 Å². The summed E-state index contributed by atoms with van der Waals surface area (Å²) in [6, 6.07) is 8.79. The monoisotopic (exact) mass is 289 g/mol. The normalized spacial score (nSPS) is 12.2. The molecule has 2 N–H and O–H groups in total. The summed E-state index contributed by atoms with van der Waals surface area (Å²) in [5.41, 5.74) is 7.05. The van der Waals surface area contributed by atoms with Crippen molar-refractivity contribution in [3.63, 3.8) is 0 Å². The van der Waals surface area contributed by atoms with Crippen molar-refractivity contribution < 1.29 is 13.6 Å². The predicted octanol–water partition coefficient (Wildman–Crippen LogP) is 4.29. The van der Waals surface area contributed by atoms with Crippen molar-refractivity contribution in [2.45, 2.75) is 26.2 Å². The average Bonchev–Trinajstić information content (AvgIpc) is 2.49. The van der Waals surface area contributed by atoms with Gasteiger partial charge in [0.2, 0.25) is 0 Å². The van der Waals surface area contributed by atoms with Crippen LogP contribution in [0.5, 0.6) is 0 Å². The van der Waals surface area contributed by atoms with Crippen molar-refractivity contribution in [1.82, 2.24) is 0 Å². The molecule has 0 aliphatic carbocycles. The van der Waals surface area contributed by atoms with Crippen molar-refractivity contribution in [1.29, 1.82) is 0 Å². The summed E-state index contributed by atoms with van der Waals surface area (Å²) in [5, 5.41) is 0. The molecule has 2 aromatic rings. The summed E-state index contributed by atoms with van der Waals surface area (Å²) < 4.78 is 26.3.